The zero-order valence-electron chi connectivity index (χ0n) is 11.3. The van der Waals surface area contributed by atoms with Crippen molar-refractivity contribution in [3.63, 3.8) is 0 Å². The second kappa shape index (κ2) is 6.13. The molecule has 108 valence electrons. The third kappa shape index (κ3) is 2.95. The van der Waals surface area contributed by atoms with Crippen molar-refractivity contribution in [3.8, 4) is 0 Å². The smallest absolute Gasteiger partial charge is 0.163 e. The van der Waals surface area contributed by atoms with Crippen LogP contribution in [0.5, 0.6) is 0 Å². The molecule has 0 radical (unpaired) electrons. The zero-order valence-corrected chi connectivity index (χ0v) is 13.7. The molecule has 0 aliphatic heterocycles. The number of hydrogen-bond donors (Lipinski definition) is 1. The number of rotatable bonds is 4. The van der Waals surface area contributed by atoms with Crippen LogP contribution in [0.4, 0.5) is 0 Å². The van der Waals surface area contributed by atoms with E-state index in [2.05, 4.69) is 31.0 Å². The molecule has 7 heteroatoms. The van der Waals surface area contributed by atoms with Gasteiger partial charge in [-0.25, -0.2) is 14.6 Å². The molecule has 0 bridgehead atoms. The predicted octanol–water partition coefficient (Wildman–Crippen LogP) is 2.95. The first-order valence-corrected chi connectivity index (χ1v) is 8.13. The number of benzene rings is 1. The highest BCUT2D eigenvalue weighted by Crippen LogP contribution is 2.32. The van der Waals surface area contributed by atoms with Gasteiger partial charge in [-0.05, 0) is 21.5 Å². The molecule has 1 unspecified atom stereocenters. The maximum Gasteiger partial charge on any atom is 0.163 e. The Hall–Kier alpha value is -1.44. The molecule has 1 atom stereocenters. The average molecular weight is 365 g/mol. The molecular formula is C14H13BrN4OS. The number of aliphatic hydroxyl groups is 1. The van der Waals surface area contributed by atoms with Gasteiger partial charge < -0.3 is 5.11 Å². The van der Waals surface area contributed by atoms with E-state index >= 15 is 0 Å². The van der Waals surface area contributed by atoms with Crippen molar-refractivity contribution in [2.45, 2.75) is 11.1 Å². The van der Waals surface area contributed by atoms with Crippen LogP contribution in [0.15, 0.2) is 46.3 Å². The molecule has 3 rings (SSSR count). The quantitative estimate of drug-likeness (QED) is 0.569. The van der Waals surface area contributed by atoms with Gasteiger partial charge in [-0.15, -0.1) is 11.8 Å². The third-order valence-corrected chi connectivity index (χ3v) is 4.73. The van der Waals surface area contributed by atoms with Gasteiger partial charge in [-0.3, -0.25) is 0 Å². The fraction of sp³-hybridized carbons (Fsp3) is 0.214. The Kier molecular flexibility index (Phi) is 4.23. The highest BCUT2D eigenvalue weighted by Gasteiger charge is 2.15. The molecule has 0 saturated carbocycles. The monoisotopic (exact) mass is 364 g/mol. The predicted molar refractivity (Wildman–Crippen MR) is 86.1 cm³/mol. The van der Waals surface area contributed by atoms with E-state index < -0.39 is 6.10 Å². The molecule has 2 aromatic heterocycles. The number of nitrogens with zero attached hydrogens (tertiary/aromatic N) is 4. The van der Waals surface area contributed by atoms with Gasteiger partial charge in [0.05, 0.1) is 11.5 Å². The van der Waals surface area contributed by atoms with E-state index in [1.54, 1.807) is 4.68 Å². The number of aliphatic hydroxyl groups excluding tert-OH is 1. The second-order valence-corrected chi connectivity index (χ2v) is 6.29. The Morgan fingerprint density at radius 3 is 2.81 bits per heavy atom. The summed E-state index contributed by atoms with van der Waals surface area (Å²) in [5.74, 6) is 0.525. The Bertz CT molecular complexity index is 762. The Labute approximate surface area is 134 Å². The minimum absolute atomic E-state index is 0.525. The molecule has 21 heavy (non-hydrogen) atoms. The minimum atomic E-state index is -0.531. The summed E-state index contributed by atoms with van der Waals surface area (Å²) in [6.45, 7) is 0. The van der Waals surface area contributed by atoms with Gasteiger partial charge in [0, 0.05) is 12.8 Å². The molecule has 0 saturated heterocycles. The van der Waals surface area contributed by atoms with Gasteiger partial charge in [0.2, 0.25) is 0 Å². The number of aryl methyl sites for hydroxylation is 1. The van der Waals surface area contributed by atoms with Crippen LogP contribution in [-0.4, -0.2) is 30.6 Å². The fourth-order valence-electron chi connectivity index (χ4n) is 2.05. The van der Waals surface area contributed by atoms with Gasteiger partial charge in [0.25, 0.3) is 0 Å². The highest BCUT2D eigenvalue weighted by atomic mass is 79.9. The average Bonchev–Trinajstić information content (AvgIpc) is 2.81. The van der Waals surface area contributed by atoms with Crippen LogP contribution in [0.3, 0.4) is 0 Å². The van der Waals surface area contributed by atoms with Crippen LogP contribution in [0.2, 0.25) is 0 Å². The van der Waals surface area contributed by atoms with Crippen molar-refractivity contribution < 1.29 is 5.11 Å². The molecule has 1 N–H and O–H groups in total. The molecule has 0 aliphatic rings. The standard InChI is InChI=1S/C14H13BrN4OS/c1-19-13-11(12(15)18-19)14(17-8-16-13)21-7-10(20)9-5-3-2-4-6-9/h2-6,8,10,20H,7H2,1H3. The van der Waals surface area contributed by atoms with Gasteiger partial charge in [0.15, 0.2) is 5.65 Å². The van der Waals surface area contributed by atoms with Gasteiger partial charge >= 0.3 is 0 Å². The summed E-state index contributed by atoms with van der Waals surface area (Å²) in [6.07, 6.45) is 0.991. The largest absolute Gasteiger partial charge is 0.388 e. The summed E-state index contributed by atoms with van der Waals surface area (Å²) >= 11 is 4.93. The fourth-order valence-corrected chi connectivity index (χ4v) is 3.75. The van der Waals surface area contributed by atoms with Crippen molar-refractivity contribution in [2.24, 2.45) is 7.05 Å². The van der Waals surface area contributed by atoms with Crippen molar-refractivity contribution >= 4 is 38.7 Å². The molecule has 0 amide bonds. The Morgan fingerprint density at radius 1 is 1.29 bits per heavy atom. The van der Waals surface area contributed by atoms with Crippen LogP contribution >= 0.6 is 27.7 Å². The summed E-state index contributed by atoms with van der Waals surface area (Å²) in [5, 5.41) is 16.2. The molecule has 3 aromatic rings. The van der Waals surface area contributed by atoms with E-state index in [1.807, 2.05) is 37.4 Å². The molecule has 5 nitrogen and oxygen atoms in total. The number of aromatic nitrogens is 4. The Morgan fingerprint density at radius 2 is 2.05 bits per heavy atom. The number of halogens is 1. The third-order valence-electron chi connectivity index (χ3n) is 3.11. The van der Waals surface area contributed by atoms with E-state index in [-0.39, 0.29) is 0 Å². The van der Waals surface area contributed by atoms with Crippen molar-refractivity contribution in [1.82, 2.24) is 19.7 Å². The van der Waals surface area contributed by atoms with Crippen LogP contribution in [0, 0.1) is 0 Å². The van der Waals surface area contributed by atoms with E-state index in [0.717, 1.165) is 26.2 Å². The van der Waals surface area contributed by atoms with Gasteiger partial charge in [-0.1, -0.05) is 30.3 Å². The first-order valence-electron chi connectivity index (χ1n) is 6.36. The summed E-state index contributed by atoms with van der Waals surface area (Å²) in [6, 6.07) is 9.61. The van der Waals surface area contributed by atoms with Crippen LogP contribution < -0.4 is 0 Å². The lowest BCUT2D eigenvalue weighted by molar-refractivity contribution is 0.204. The summed E-state index contributed by atoms with van der Waals surface area (Å²) in [7, 11) is 1.84. The van der Waals surface area contributed by atoms with E-state index in [0.29, 0.717) is 5.75 Å². The van der Waals surface area contributed by atoms with Crippen LogP contribution in [0.25, 0.3) is 11.0 Å². The number of thioether (sulfide) groups is 1. The van der Waals surface area contributed by atoms with E-state index in [9.17, 15) is 5.11 Å². The number of hydrogen-bond acceptors (Lipinski definition) is 5. The van der Waals surface area contributed by atoms with Crippen LogP contribution in [-0.2, 0) is 7.05 Å². The maximum absolute atomic E-state index is 10.2. The summed E-state index contributed by atoms with van der Waals surface area (Å²) < 4.78 is 2.43. The summed E-state index contributed by atoms with van der Waals surface area (Å²) in [4.78, 5) is 8.54. The SMILES string of the molecule is Cn1nc(Br)c2c(SCC(O)c3ccccc3)ncnc21. The molecule has 0 aliphatic carbocycles. The lowest BCUT2D eigenvalue weighted by Crippen LogP contribution is -2.01. The molecule has 0 fully saturated rings. The van der Waals surface area contributed by atoms with Crippen molar-refractivity contribution in [1.29, 1.82) is 0 Å². The van der Waals surface area contributed by atoms with E-state index in [1.165, 1.54) is 18.1 Å². The maximum atomic E-state index is 10.2. The molecular weight excluding hydrogens is 352 g/mol. The van der Waals surface area contributed by atoms with Gasteiger partial charge in [-0.2, -0.15) is 5.10 Å². The first kappa shape index (κ1) is 14.5. The van der Waals surface area contributed by atoms with Gasteiger partial charge in [0.1, 0.15) is 16.0 Å². The second-order valence-electron chi connectivity index (χ2n) is 4.53. The van der Waals surface area contributed by atoms with E-state index in [4.69, 9.17) is 0 Å². The van der Waals surface area contributed by atoms with Crippen molar-refractivity contribution in [3.05, 3.63) is 46.8 Å². The summed E-state index contributed by atoms with van der Waals surface area (Å²) in [5.41, 5.74) is 1.68. The lowest BCUT2D eigenvalue weighted by Gasteiger charge is -2.10. The Balaban J connectivity index is 1.83. The topological polar surface area (TPSA) is 63.8 Å². The lowest BCUT2D eigenvalue weighted by atomic mass is 10.1. The normalized spacial score (nSPS) is 12.7. The minimum Gasteiger partial charge on any atom is -0.388 e. The molecule has 0 spiro atoms. The first-order chi connectivity index (χ1) is 10.2. The highest BCUT2D eigenvalue weighted by molar-refractivity contribution is 9.10. The van der Waals surface area contributed by atoms with Crippen molar-refractivity contribution in [2.75, 3.05) is 5.75 Å². The molecule has 1 aromatic carbocycles. The zero-order chi connectivity index (χ0) is 14.8. The number of fused-ring (bicyclic) bond motifs is 1. The molecule has 2 heterocycles. The van der Waals surface area contributed by atoms with Crippen LogP contribution in [0.1, 0.15) is 11.7 Å².